The monoisotopic (exact) mass is 338 g/mol. The van der Waals surface area contributed by atoms with Gasteiger partial charge in [-0.2, -0.15) is 0 Å². The van der Waals surface area contributed by atoms with Crippen LogP contribution in [0.3, 0.4) is 0 Å². The van der Waals surface area contributed by atoms with Gasteiger partial charge in [0.25, 0.3) is 5.56 Å². The number of ether oxygens (including phenoxy) is 2. The molecule has 0 unspecified atom stereocenters. The van der Waals surface area contributed by atoms with Gasteiger partial charge in [0, 0.05) is 28.7 Å². The summed E-state index contributed by atoms with van der Waals surface area (Å²) >= 11 is 0. The first kappa shape index (κ1) is 16.9. The van der Waals surface area contributed by atoms with Crippen LogP contribution in [0.15, 0.2) is 53.3 Å². The predicted octanol–water partition coefficient (Wildman–Crippen LogP) is 3.94. The zero-order chi connectivity index (χ0) is 17.8. The molecule has 25 heavy (non-hydrogen) atoms. The fraction of sp³-hybridized carbons (Fsp3) is 0.250. The largest absolute Gasteiger partial charge is 0.497 e. The fourth-order valence-electron chi connectivity index (χ4n) is 2.61. The van der Waals surface area contributed by atoms with Crippen molar-refractivity contribution in [2.45, 2.75) is 26.5 Å². The summed E-state index contributed by atoms with van der Waals surface area (Å²) in [5, 5.41) is 4.21. The normalized spacial score (nSPS) is 10.9. The van der Waals surface area contributed by atoms with Gasteiger partial charge in [0.2, 0.25) is 0 Å². The highest BCUT2D eigenvalue weighted by atomic mass is 16.5. The molecule has 0 aliphatic heterocycles. The van der Waals surface area contributed by atoms with E-state index < -0.39 is 0 Å². The summed E-state index contributed by atoms with van der Waals surface area (Å²) in [4.78, 5) is 15.2. The van der Waals surface area contributed by atoms with Crippen LogP contribution in [0.2, 0.25) is 0 Å². The highest BCUT2D eigenvalue weighted by Gasteiger charge is 2.06. The Labute approximate surface area is 146 Å². The molecule has 0 fully saturated rings. The summed E-state index contributed by atoms with van der Waals surface area (Å²) in [7, 11) is 1.63. The first-order valence-corrected chi connectivity index (χ1v) is 8.25. The van der Waals surface area contributed by atoms with Crippen molar-refractivity contribution in [1.29, 1.82) is 0 Å². The number of aromatic nitrogens is 1. The van der Waals surface area contributed by atoms with Crippen LogP contribution in [0.4, 0.5) is 5.69 Å². The lowest BCUT2D eigenvalue weighted by Crippen LogP contribution is -2.15. The number of methoxy groups -OCH3 is 1. The first-order valence-electron chi connectivity index (χ1n) is 8.25. The van der Waals surface area contributed by atoms with Crippen LogP contribution in [0.1, 0.15) is 19.4 Å². The summed E-state index contributed by atoms with van der Waals surface area (Å²) < 4.78 is 10.9. The van der Waals surface area contributed by atoms with Crippen molar-refractivity contribution < 1.29 is 9.47 Å². The summed E-state index contributed by atoms with van der Waals surface area (Å²) in [5.74, 6) is 1.59. The summed E-state index contributed by atoms with van der Waals surface area (Å²) in [5.41, 5.74) is 2.31. The van der Waals surface area contributed by atoms with Crippen LogP contribution in [-0.2, 0) is 6.54 Å². The molecule has 0 saturated heterocycles. The number of hydrogen-bond acceptors (Lipinski definition) is 4. The van der Waals surface area contributed by atoms with Crippen molar-refractivity contribution in [1.82, 2.24) is 4.98 Å². The smallest absolute Gasteiger partial charge is 0.253 e. The van der Waals surface area contributed by atoms with E-state index in [-0.39, 0.29) is 11.7 Å². The molecule has 3 rings (SSSR count). The summed E-state index contributed by atoms with van der Waals surface area (Å²) in [6.45, 7) is 4.41. The number of H-pyrrole nitrogens is 1. The molecule has 5 nitrogen and oxygen atoms in total. The Kier molecular flexibility index (Phi) is 4.93. The minimum absolute atomic E-state index is 0.0916. The van der Waals surface area contributed by atoms with Gasteiger partial charge in [-0.05, 0) is 62.4 Å². The maximum absolute atomic E-state index is 12.3. The molecule has 0 atom stereocenters. The third-order valence-electron chi connectivity index (χ3n) is 3.84. The van der Waals surface area contributed by atoms with Crippen LogP contribution in [-0.4, -0.2) is 18.2 Å². The number of nitrogens with one attached hydrogen (secondary N) is 2. The molecule has 0 aliphatic rings. The zero-order valence-electron chi connectivity index (χ0n) is 14.6. The molecule has 0 saturated carbocycles. The predicted molar refractivity (Wildman–Crippen MR) is 101 cm³/mol. The van der Waals surface area contributed by atoms with Crippen LogP contribution in [0.25, 0.3) is 10.9 Å². The number of benzene rings is 2. The van der Waals surface area contributed by atoms with Gasteiger partial charge >= 0.3 is 0 Å². The molecule has 1 aromatic heterocycles. The maximum Gasteiger partial charge on any atom is 0.253 e. The van der Waals surface area contributed by atoms with E-state index in [4.69, 9.17) is 9.47 Å². The standard InChI is InChI=1S/C20H22N2O3/c1-13(2)25-18-8-9-19-14(11-18)10-15(20(23)22-19)12-21-16-4-6-17(24-3)7-5-16/h4-11,13,21H,12H2,1-3H3,(H,22,23). The topological polar surface area (TPSA) is 63.4 Å². The highest BCUT2D eigenvalue weighted by molar-refractivity contribution is 5.80. The minimum Gasteiger partial charge on any atom is -0.497 e. The Morgan fingerprint density at radius 2 is 1.76 bits per heavy atom. The summed E-state index contributed by atoms with van der Waals surface area (Å²) in [6.07, 6.45) is 0.108. The van der Waals surface area contributed by atoms with E-state index in [0.717, 1.165) is 28.1 Å². The average Bonchev–Trinajstić information content (AvgIpc) is 2.60. The van der Waals surface area contributed by atoms with Gasteiger partial charge in [-0.15, -0.1) is 0 Å². The third kappa shape index (κ3) is 4.12. The van der Waals surface area contributed by atoms with E-state index in [0.29, 0.717) is 12.1 Å². The molecular weight excluding hydrogens is 316 g/mol. The van der Waals surface area contributed by atoms with E-state index in [1.807, 2.05) is 62.4 Å². The van der Waals surface area contributed by atoms with E-state index in [1.165, 1.54) is 0 Å². The lowest BCUT2D eigenvalue weighted by molar-refractivity contribution is 0.243. The van der Waals surface area contributed by atoms with Crippen molar-refractivity contribution in [2.24, 2.45) is 0 Å². The number of fused-ring (bicyclic) bond motifs is 1. The maximum atomic E-state index is 12.3. The van der Waals surface area contributed by atoms with Gasteiger partial charge in [-0.3, -0.25) is 4.79 Å². The zero-order valence-corrected chi connectivity index (χ0v) is 14.6. The molecule has 2 N–H and O–H groups in total. The van der Waals surface area contributed by atoms with Crippen molar-refractivity contribution in [3.8, 4) is 11.5 Å². The van der Waals surface area contributed by atoms with Crippen molar-refractivity contribution in [3.63, 3.8) is 0 Å². The van der Waals surface area contributed by atoms with E-state index >= 15 is 0 Å². The number of hydrogen-bond donors (Lipinski definition) is 2. The Morgan fingerprint density at radius 1 is 1.04 bits per heavy atom. The average molecular weight is 338 g/mol. The van der Waals surface area contributed by atoms with E-state index in [9.17, 15) is 4.79 Å². The molecule has 0 radical (unpaired) electrons. The van der Waals surface area contributed by atoms with Crippen molar-refractivity contribution in [3.05, 3.63) is 64.4 Å². The van der Waals surface area contributed by atoms with E-state index in [1.54, 1.807) is 7.11 Å². The number of rotatable bonds is 6. The highest BCUT2D eigenvalue weighted by Crippen LogP contribution is 2.21. The van der Waals surface area contributed by atoms with Gasteiger partial charge in [0.1, 0.15) is 11.5 Å². The second kappa shape index (κ2) is 7.30. The van der Waals surface area contributed by atoms with Gasteiger partial charge in [-0.1, -0.05) is 0 Å². The molecule has 2 aromatic carbocycles. The minimum atomic E-state index is -0.0916. The second-order valence-corrected chi connectivity index (χ2v) is 6.12. The van der Waals surface area contributed by atoms with Crippen molar-refractivity contribution >= 4 is 16.6 Å². The first-order chi connectivity index (χ1) is 12.0. The van der Waals surface area contributed by atoms with Crippen molar-refractivity contribution in [2.75, 3.05) is 12.4 Å². The Hall–Kier alpha value is -2.95. The van der Waals surface area contributed by atoms with Crippen LogP contribution >= 0.6 is 0 Å². The van der Waals surface area contributed by atoms with Crippen LogP contribution in [0, 0.1) is 0 Å². The van der Waals surface area contributed by atoms with Crippen LogP contribution < -0.4 is 20.3 Å². The van der Waals surface area contributed by atoms with Crippen LogP contribution in [0.5, 0.6) is 11.5 Å². The lowest BCUT2D eigenvalue weighted by atomic mass is 10.1. The molecule has 0 aliphatic carbocycles. The van der Waals surface area contributed by atoms with Gasteiger partial charge in [-0.25, -0.2) is 0 Å². The molecule has 5 heteroatoms. The number of anilines is 1. The van der Waals surface area contributed by atoms with Gasteiger partial charge in [0.05, 0.1) is 13.2 Å². The number of pyridine rings is 1. The van der Waals surface area contributed by atoms with E-state index in [2.05, 4.69) is 10.3 Å². The molecule has 0 spiro atoms. The fourth-order valence-corrected chi connectivity index (χ4v) is 2.61. The molecular formula is C20H22N2O3. The Morgan fingerprint density at radius 3 is 2.44 bits per heavy atom. The molecule has 0 bridgehead atoms. The third-order valence-corrected chi connectivity index (χ3v) is 3.84. The molecule has 130 valence electrons. The molecule has 3 aromatic rings. The van der Waals surface area contributed by atoms with Gasteiger partial charge in [0.15, 0.2) is 0 Å². The quantitative estimate of drug-likeness (QED) is 0.715. The molecule has 1 heterocycles. The van der Waals surface area contributed by atoms with Gasteiger partial charge < -0.3 is 19.8 Å². The number of aromatic amines is 1. The Bertz CT molecular complexity index is 914. The Balaban J connectivity index is 1.82. The molecule has 0 amide bonds. The SMILES string of the molecule is COc1ccc(NCc2cc3cc(OC(C)C)ccc3[nH]c2=O)cc1. The second-order valence-electron chi connectivity index (χ2n) is 6.12. The lowest BCUT2D eigenvalue weighted by Gasteiger charge is -2.11. The summed E-state index contributed by atoms with van der Waals surface area (Å²) in [6, 6.07) is 15.2.